The molecule has 0 aliphatic carbocycles. The Morgan fingerprint density at radius 1 is 0.972 bits per heavy atom. The molecule has 1 aliphatic rings. The molecule has 2 heterocycles. The molecule has 36 heavy (non-hydrogen) atoms. The number of non-ortho nitro benzene ring substituents is 2. The smallest absolute Gasteiger partial charge is 0.271 e. The molecule has 0 spiro atoms. The summed E-state index contributed by atoms with van der Waals surface area (Å²) in [6.07, 6.45) is 4.32. The zero-order valence-corrected chi connectivity index (χ0v) is 20.3. The first-order valence-electron chi connectivity index (χ1n) is 10.8. The lowest BCUT2D eigenvalue weighted by Crippen LogP contribution is -2.31. The molecule has 0 saturated carbocycles. The van der Waals surface area contributed by atoms with Crippen molar-refractivity contribution in [2.75, 3.05) is 28.7 Å². The lowest BCUT2D eigenvalue weighted by molar-refractivity contribution is -0.385. The summed E-state index contributed by atoms with van der Waals surface area (Å²) in [5.41, 5.74) is 3.06. The summed E-state index contributed by atoms with van der Waals surface area (Å²) in [5, 5.41) is 39.2. The van der Waals surface area contributed by atoms with Crippen molar-refractivity contribution in [3.63, 3.8) is 0 Å². The Hall–Kier alpha value is -4.40. The van der Waals surface area contributed by atoms with Gasteiger partial charge in [0, 0.05) is 48.6 Å². The van der Waals surface area contributed by atoms with Gasteiger partial charge in [0.2, 0.25) is 17.8 Å². The molecule has 1 aromatic heterocycles. The fourth-order valence-electron chi connectivity index (χ4n) is 3.47. The zero-order chi connectivity index (χ0) is 25.7. The Bertz CT molecular complexity index is 1310. The molecule has 186 valence electrons. The number of halogens is 1. The first kappa shape index (κ1) is 24.7. The van der Waals surface area contributed by atoms with E-state index in [4.69, 9.17) is 0 Å². The van der Waals surface area contributed by atoms with Crippen LogP contribution in [0.2, 0.25) is 0 Å². The fraction of sp³-hybridized carbons (Fsp3) is 0.238. The summed E-state index contributed by atoms with van der Waals surface area (Å²) in [7, 11) is 0. The summed E-state index contributed by atoms with van der Waals surface area (Å²) >= 11 is 3.09. The van der Waals surface area contributed by atoms with Crippen molar-refractivity contribution in [3.05, 3.63) is 66.7 Å². The first-order chi connectivity index (χ1) is 17.3. The van der Waals surface area contributed by atoms with Gasteiger partial charge in [0.1, 0.15) is 5.75 Å². The number of phenols is 1. The molecule has 0 amide bonds. The van der Waals surface area contributed by atoms with Gasteiger partial charge in [0.05, 0.1) is 20.5 Å². The predicted molar refractivity (Wildman–Crippen MR) is 136 cm³/mol. The second kappa shape index (κ2) is 10.9. The van der Waals surface area contributed by atoms with Crippen molar-refractivity contribution in [2.24, 2.45) is 5.10 Å². The second-order valence-electron chi connectivity index (χ2n) is 7.75. The summed E-state index contributed by atoms with van der Waals surface area (Å²) in [6, 6.07) is 8.17. The largest absolute Gasteiger partial charge is 0.506 e. The van der Waals surface area contributed by atoms with E-state index in [1.54, 1.807) is 0 Å². The van der Waals surface area contributed by atoms with Gasteiger partial charge >= 0.3 is 0 Å². The average molecular weight is 558 g/mol. The summed E-state index contributed by atoms with van der Waals surface area (Å²) in [6.45, 7) is 1.55. The highest BCUT2D eigenvalue weighted by molar-refractivity contribution is 9.10. The topological polar surface area (TPSA) is 185 Å². The fourth-order valence-corrected chi connectivity index (χ4v) is 3.93. The molecule has 4 rings (SSSR count). The normalized spacial score (nSPS) is 13.5. The number of rotatable bonds is 8. The van der Waals surface area contributed by atoms with E-state index in [9.17, 15) is 25.3 Å². The SMILES string of the molecule is O=[N+]([O-])c1ccc(Nc2nc(N/N=C/c3cc([N+](=O)[O-])cc(Br)c3O)nc(N3CCCCC3)n2)cc1. The van der Waals surface area contributed by atoms with Crippen molar-refractivity contribution >= 4 is 57.1 Å². The van der Waals surface area contributed by atoms with Gasteiger partial charge in [0.15, 0.2) is 0 Å². The van der Waals surface area contributed by atoms with Crippen molar-refractivity contribution in [1.29, 1.82) is 0 Å². The quantitative estimate of drug-likeness (QED) is 0.203. The average Bonchev–Trinajstić information content (AvgIpc) is 2.87. The predicted octanol–water partition coefficient (Wildman–Crippen LogP) is 4.34. The van der Waals surface area contributed by atoms with E-state index in [0.29, 0.717) is 11.6 Å². The van der Waals surface area contributed by atoms with Crippen molar-refractivity contribution in [2.45, 2.75) is 19.3 Å². The number of nitrogens with one attached hydrogen (secondary N) is 2. The number of benzene rings is 2. The highest BCUT2D eigenvalue weighted by Crippen LogP contribution is 2.31. The van der Waals surface area contributed by atoms with Crippen molar-refractivity contribution in [1.82, 2.24) is 15.0 Å². The van der Waals surface area contributed by atoms with Crippen LogP contribution in [0.5, 0.6) is 5.75 Å². The van der Waals surface area contributed by atoms with Gasteiger partial charge in [-0.3, -0.25) is 20.2 Å². The number of hydrogen-bond donors (Lipinski definition) is 3. The minimum Gasteiger partial charge on any atom is -0.506 e. The maximum absolute atomic E-state index is 11.1. The molecule has 0 atom stereocenters. The number of anilines is 4. The molecule has 15 heteroatoms. The molecule has 0 unspecified atom stereocenters. The Morgan fingerprint density at radius 2 is 1.64 bits per heavy atom. The highest BCUT2D eigenvalue weighted by Gasteiger charge is 2.17. The van der Waals surface area contributed by atoms with Crippen LogP contribution >= 0.6 is 15.9 Å². The van der Waals surface area contributed by atoms with Gasteiger partial charge in [-0.2, -0.15) is 20.1 Å². The maximum Gasteiger partial charge on any atom is 0.271 e. The van der Waals surface area contributed by atoms with Gasteiger partial charge in [-0.1, -0.05) is 0 Å². The second-order valence-corrected chi connectivity index (χ2v) is 8.61. The van der Waals surface area contributed by atoms with Crippen LogP contribution in [0.15, 0.2) is 46.0 Å². The van der Waals surface area contributed by atoms with Gasteiger partial charge in [0.25, 0.3) is 11.4 Å². The number of nitro benzene ring substituents is 2. The van der Waals surface area contributed by atoms with Gasteiger partial charge < -0.3 is 15.3 Å². The van der Waals surface area contributed by atoms with Crippen LogP contribution in [0, 0.1) is 20.2 Å². The third-order valence-corrected chi connectivity index (χ3v) is 5.86. The Kier molecular flexibility index (Phi) is 7.48. The van der Waals surface area contributed by atoms with Gasteiger partial charge in [-0.15, -0.1) is 0 Å². The lowest BCUT2D eigenvalue weighted by atomic mass is 10.1. The number of nitrogens with zero attached hydrogens (tertiary/aromatic N) is 7. The van der Waals surface area contributed by atoms with Crippen LogP contribution < -0.4 is 15.6 Å². The monoisotopic (exact) mass is 557 g/mol. The number of piperidine rings is 1. The molecule has 2 aromatic carbocycles. The number of hydrazone groups is 1. The number of aromatic hydroxyl groups is 1. The lowest BCUT2D eigenvalue weighted by Gasteiger charge is -2.26. The Morgan fingerprint density at radius 3 is 2.31 bits per heavy atom. The molecule has 3 N–H and O–H groups in total. The van der Waals surface area contributed by atoms with Crippen molar-refractivity contribution < 1.29 is 15.0 Å². The molecule has 1 fully saturated rings. The maximum atomic E-state index is 11.1. The summed E-state index contributed by atoms with van der Waals surface area (Å²) in [5.74, 6) is 0.498. The van der Waals surface area contributed by atoms with Crippen LogP contribution in [0.3, 0.4) is 0 Å². The zero-order valence-electron chi connectivity index (χ0n) is 18.7. The molecule has 0 bridgehead atoms. The van der Waals surface area contributed by atoms with Crippen LogP contribution in [-0.4, -0.2) is 49.2 Å². The van der Waals surface area contributed by atoms with E-state index in [-0.39, 0.29) is 39.1 Å². The Balaban J connectivity index is 1.60. The first-order valence-corrected chi connectivity index (χ1v) is 11.6. The summed E-state index contributed by atoms with van der Waals surface area (Å²) in [4.78, 5) is 36.2. The van der Waals surface area contributed by atoms with Crippen LogP contribution in [-0.2, 0) is 0 Å². The molecule has 3 aromatic rings. The van der Waals surface area contributed by atoms with E-state index < -0.39 is 9.85 Å². The van der Waals surface area contributed by atoms with E-state index in [0.717, 1.165) is 32.4 Å². The highest BCUT2D eigenvalue weighted by atomic mass is 79.9. The van der Waals surface area contributed by atoms with E-state index in [1.807, 2.05) is 4.90 Å². The standard InChI is InChI=1S/C21H20BrN9O5/c22-17-11-16(31(35)36)10-13(18(17)32)12-23-28-20-25-19(24-14-4-6-15(7-5-14)30(33)34)26-21(27-20)29-8-2-1-3-9-29/h4-7,10-12,32H,1-3,8-9H2,(H2,24,25,26,27,28)/b23-12+. The Labute approximate surface area is 212 Å². The van der Waals surface area contributed by atoms with Crippen LogP contribution in [0.4, 0.5) is 34.9 Å². The van der Waals surface area contributed by atoms with E-state index >= 15 is 0 Å². The van der Waals surface area contributed by atoms with Crippen LogP contribution in [0.1, 0.15) is 24.8 Å². The molecule has 1 aliphatic heterocycles. The minimum atomic E-state index is -0.581. The summed E-state index contributed by atoms with van der Waals surface area (Å²) < 4.78 is 0.153. The molecule has 0 radical (unpaired) electrons. The number of nitro groups is 2. The van der Waals surface area contributed by atoms with E-state index in [2.05, 4.69) is 46.7 Å². The number of hydrogen-bond acceptors (Lipinski definition) is 12. The number of phenolic OH excluding ortho intramolecular Hbond substituents is 1. The number of aromatic nitrogens is 3. The van der Waals surface area contributed by atoms with Gasteiger partial charge in [-0.05, 0) is 47.3 Å². The van der Waals surface area contributed by atoms with Crippen molar-refractivity contribution in [3.8, 4) is 5.75 Å². The molecular weight excluding hydrogens is 538 g/mol. The third kappa shape index (κ3) is 5.99. The van der Waals surface area contributed by atoms with Crippen LogP contribution in [0.25, 0.3) is 0 Å². The van der Waals surface area contributed by atoms with Gasteiger partial charge in [-0.25, -0.2) is 5.43 Å². The third-order valence-electron chi connectivity index (χ3n) is 5.25. The molecular formula is C21H20BrN9O5. The minimum absolute atomic E-state index is 0.0436. The molecule has 14 nitrogen and oxygen atoms in total. The van der Waals surface area contributed by atoms with E-state index in [1.165, 1.54) is 42.6 Å². The molecule has 1 saturated heterocycles.